The maximum absolute atomic E-state index is 10.8. The standard InChI is InChI=1S/C32H42O4/c1-31(19-7-5-14-27(31)16-17-29(34)25-30(35)36)20-8-6-15-28(33)18-24-32(22-10-23-32)21-9-13-26-11-3-2-4-12-26/h2-4,6,8,11-12,15-16,20,28-29,33-34H,5,7,10,14,17-19,21-25H2,1H3,(H,35,36)/b15-6+,20-8+,27-16+/t28-,29?,31-/m0/s1. The van der Waals surface area contributed by atoms with Crippen LogP contribution in [0.3, 0.4) is 0 Å². The lowest BCUT2D eigenvalue weighted by Gasteiger charge is -2.41. The second-order valence-electron chi connectivity index (χ2n) is 10.9. The van der Waals surface area contributed by atoms with E-state index in [9.17, 15) is 15.0 Å². The van der Waals surface area contributed by atoms with E-state index in [1.165, 1.54) is 24.8 Å². The maximum atomic E-state index is 10.8. The van der Waals surface area contributed by atoms with Crippen molar-refractivity contribution >= 4 is 5.97 Å². The predicted octanol–water partition coefficient (Wildman–Crippen LogP) is 6.58. The fraction of sp³-hybridized carbons (Fsp3) is 0.531. The van der Waals surface area contributed by atoms with Crippen molar-refractivity contribution in [2.24, 2.45) is 10.8 Å². The average Bonchev–Trinajstić information content (AvgIpc) is 2.82. The second-order valence-corrected chi connectivity index (χ2v) is 10.9. The summed E-state index contributed by atoms with van der Waals surface area (Å²) < 4.78 is 0. The van der Waals surface area contributed by atoms with Gasteiger partial charge in [-0.05, 0) is 68.9 Å². The topological polar surface area (TPSA) is 77.8 Å². The summed E-state index contributed by atoms with van der Waals surface area (Å²) in [6.45, 7) is 2.21. The zero-order valence-electron chi connectivity index (χ0n) is 21.7. The van der Waals surface area contributed by atoms with Crippen molar-refractivity contribution in [3.63, 3.8) is 0 Å². The van der Waals surface area contributed by atoms with E-state index in [2.05, 4.69) is 24.8 Å². The van der Waals surface area contributed by atoms with Crippen LogP contribution in [0.1, 0.15) is 89.5 Å². The Morgan fingerprint density at radius 3 is 2.56 bits per heavy atom. The van der Waals surface area contributed by atoms with Gasteiger partial charge in [0.05, 0.1) is 18.6 Å². The summed E-state index contributed by atoms with van der Waals surface area (Å²) in [4.78, 5) is 10.8. The van der Waals surface area contributed by atoms with Crippen molar-refractivity contribution < 1.29 is 20.1 Å². The largest absolute Gasteiger partial charge is 0.481 e. The van der Waals surface area contributed by atoms with Gasteiger partial charge in [0.2, 0.25) is 0 Å². The molecule has 0 bridgehead atoms. The van der Waals surface area contributed by atoms with Crippen LogP contribution in [0.15, 0.2) is 66.3 Å². The fourth-order valence-corrected chi connectivity index (χ4v) is 5.40. The van der Waals surface area contributed by atoms with Crippen LogP contribution in [0, 0.1) is 22.7 Å². The molecule has 0 amide bonds. The number of aliphatic carboxylic acids is 1. The lowest BCUT2D eigenvalue weighted by Crippen LogP contribution is -2.30. The molecule has 0 aliphatic heterocycles. The van der Waals surface area contributed by atoms with E-state index in [1.807, 2.05) is 54.6 Å². The molecule has 0 spiro atoms. The molecule has 3 N–H and O–H groups in total. The van der Waals surface area contributed by atoms with E-state index < -0.39 is 18.2 Å². The number of allylic oxidation sites excluding steroid dienone is 4. The molecule has 0 radical (unpaired) electrons. The first kappa shape index (κ1) is 28.0. The quantitative estimate of drug-likeness (QED) is 0.186. The zero-order chi connectivity index (χ0) is 25.9. The van der Waals surface area contributed by atoms with E-state index in [4.69, 9.17) is 5.11 Å². The van der Waals surface area contributed by atoms with Crippen LogP contribution in [-0.4, -0.2) is 33.5 Å². The first-order chi connectivity index (χ1) is 17.3. The van der Waals surface area contributed by atoms with E-state index in [0.29, 0.717) is 6.42 Å². The SMILES string of the molecule is C[C@@]1(/C=C/C=C/[C@H](O)CCC2(CC#Cc3ccccc3)CCC2)CCCC/C1=C\CC(O)CC(=O)O. The number of carbonyl (C=O) groups is 1. The predicted molar refractivity (Wildman–Crippen MR) is 145 cm³/mol. The lowest BCUT2D eigenvalue weighted by molar-refractivity contribution is -0.139. The highest BCUT2D eigenvalue weighted by molar-refractivity contribution is 5.67. The van der Waals surface area contributed by atoms with Crippen molar-refractivity contribution in [1.82, 2.24) is 0 Å². The molecule has 1 aromatic rings. The number of hydrogen-bond acceptors (Lipinski definition) is 3. The Bertz CT molecular complexity index is 990. The molecule has 2 aliphatic rings. The Hall–Kier alpha value is -2.61. The minimum absolute atomic E-state index is 0.0934. The third-order valence-electron chi connectivity index (χ3n) is 7.94. The van der Waals surface area contributed by atoms with Crippen molar-refractivity contribution in [2.75, 3.05) is 0 Å². The highest BCUT2D eigenvalue weighted by Gasteiger charge is 2.36. The van der Waals surface area contributed by atoms with Gasteiger partial charge in [-0.25, -0.2) is 0 Å². The van der Waals surface area contributed by atoms with Crippen LogP contribution in [-0.2, 0) is 4.79 Å². The van der Waals surface area contributed by atoms with Crippen LogP contribution in [0.4, 0.5) is 0 Å². The zero-order valence-corrected chi connectivity index (χ0v) is 21.7. The first-order valence-corrected chi connectivity index (χ1v) is 13.5. The van der Waals surface area contributed by atoms with Gasteiger partial charge >= 0.3 is 5.97 Å². The van der Waals surface area contributed by atoms with Gasteiger partial charge in [0.25, 0.3) is 0 Å². The van der Waals surface area contributed by atoms with E-state index in [0.717, 1.165) is 50.5 Å². The van der Waals surface area contributed by atoms with Crippen molar-refractivity contribution in [3.05, 3.63) is 71.8 Å². The van der Waals surface area contributed by atoms with Crippen LogP contribution in [0.2, 0.25) is 0 Å². The molecule has 4 nitrogen and oxygen atoms in total. The Kier molecular flexibility index (Phi) is 10.6. The summed E-state index contributed by atoms with van der Waals surface area (Å²) in [5.74, 6) is 5.69. The molecular weight excluding hydrogens is 448 g/mol. The summed E-state index contributed by atoms with van der Waals surface area (Å²) in [6.07, 6.45) is 19.5. The van der Waals surface area contributed by atoms with Gasteiger partial charge in [-0.3, -0.25) is 4.79 Å². The van der Waals surface area contributed by atoms with E-state index in [1.54, 1.807) is 0 Å². The summed E-state index contributed by atoms with van der Waals surface area (Å²) in [7, 11) is 0. The minimum atomic E-state index is -0.973. The number of carboxylic acids is 1. The number of rotatable bonds is 11. The van der Waals surface area contributed by atoms with Crippen LogP contribution >= 0.6 is 0 Å². The van der Waals surface area contributed by atoms with Gasteiger partial charge in [0, 0.05) is 17.4 Å². The van der Waals surface area contributed by atoms with Gasteiger partial charge in [0.15, 0.2) is 0 Å². The van der Waals surface area contributed by atoms with Crippen LogP contribution in [0.25, 0.3) is 0 Å². The molecule has 3 atom stereocenters. The lowest BCUT2D eigenvalue weighted by atomic mass is 9.64. The van der Waals surface area contributed by atoms with Gasteiger partial charge < -0.3 is 15.3 Å². The van der Waals surface area contributed by atoms with E-state index >= 15 is 0 Å². The Labute approximate surface area is 216 Å². The van der Waals surface area contributed by atoms with Gasteiger partial charge in [-0.2, -0.15) is 0 Å². The molecular formula is C32H42O4. The molecule has 3 rings (SSSR count). The normalized spacial score (nSPS) is 24.2. The molecule has 2 fully saturated rings. The molecule has 0 aromatic heterocycles. The smallest absolute Gasteiger partial charge is 0.305 e. The van der Waals surface area contributed by atoms with Crippen LogP contribution < -0.4 is 0 Å². The molecule has 4 heteroatoms. The third kappa shape index (κ3) is 8.80. The highest BCUT2D eigenvalue weighted by atomic mass is 16.4. The Balaban J connectivity index is 1.49. The first-order valence-electron chi connectivity index (χ1n) is 13.5. The van der Waals surface area contributed by atoms with Crippen molar-refractivity contribution in [3.8, 4) is 11.8 Å². The van der Waals surface area contributed by atoms with Crippen LogP contribution in [0.5, 0.6) is 0 Å². The number of aliphatic hydroxyl groups is 2. The number of benzene rings is 1. The average molecular weight is 491 g/mol. The molecule has 0 heterocycles. The monoisotopic (exact) mass is 490 g/mol. The second kappa shape index (κ2) is 13.6. The molecule has 2 saturated carbocycles. The van der Waals surface area contributed by atoms with Crippen molar-refractivity contribution in [1.29, 1.82) is 0 Å². The maximum Gasteiger partial charge on any atom is 0.305 e. The molecule has 2 aliphatic carbocycles. The molecule has 1 unspecified atom stereocenters. The molecule has 36 heavy (non-hydrogen) atoms. The molecule has 1 aromatic carbocycles. The number of carboxylic acid groups (broad SMARTS) is 1. The number of aliphatic hydroxyl groups excluding tert-OH is 2. The van der Waals surface area contributed by atoms with Gasteiger partial charge in [0.1, 0.15) is 0 Å². The minimum Gasteiger partial charge on any atom is -0.481 e. The fourth-order valence-electron chi connectivity index (χ4n) is 5.40. The highest BCUT2D eigenvalue weighted by Crippen LogP contribution is 2.47. The summed E-state index contributed by atoms with van der Waals surface area (Å²) in [5.41, 5.74) is 2.49. The molecule has 0 saturated heterocycles. The number of hydrogen-bond donors (Lipinski definition) is 3. The summed E-state index contributed by atoms with van der Waals surface area (Å²) >= 11 is 0. The van der Waals surface area contributed by atoms with Crippen molar-refractivity contribution in [2.45, 2.75) is 96.2 Å². The third-order valence-corrected chi connectivity index (χ3v) is 7.94. The Morgan fingerprint density at radius 1 is 1.08 bits per heavy atom. The summed E-state index contributed by atoms with van der Waals surface area (Å²) in [5, 5.41) is 29.4. The summed E-state index contributed by atoms with van der Waals surface area (Å²) in [6, 6.07) is 10.1. The van der Waals surface area contributed by atoms with Gasteiger partial charge in [-0.1, -0.05) is 85.8 Å². The van der Waals surface area contributed by atoms with Gasteiger partial charge in [-0.15, -0.1) is 0 Å². The Morgan fingerprint density at radius 2 is 1.86 bits per heavy atom. The molecule has 194 valence electrons. The van der Waals surface area contributed by atoms with E-state index in [-0.39, 0.29) is 17.3 Å².